The summed E-state index contributed by atoms with van der Waals surface area (Å²) in [6, 6.07) is 7.52. The van der Waals surface area contributed by atoms with Crippen LogP contribution in [0.5, 0.6) is 5.75 Å². The van der Waals surface area contributed by atoms with Crippen molar-refractivity contribution in [3.63, 3.8) is 0 Å². The van der Waals surface area contributed by atoms with E-state index in [0.717, 1.165) is 25.4 Å². The van der Waals surface area contributed by atoms with Gasteiger partial charge in [0, 0.05) is 25.2 Å². The third-order valence-corrected chi connectivity index (χ3v) is 4.42. The van der Waals surface area contributed by atoms with Crippen LogP contribution in [0, 0.1) is 13.8 Å². The summed E-state index contributed by atoms with van der Waals surface area (Å²) in [7, 11) is 0. The highest BCUT2D eigenvalue weighted by molar-refractivity contribution is 5.35. The van der Waals surface area contributed by atoms with Gasteiger partial charge in [-0.05, 0) is 50.8 Å². The second-order valence-electron chi connectivity index (χ2n) is 6.02. The second kappa shape index (κ2) is 7.09. The fourth-order valence-electron chi connectivity index (χ4n) is 3.12. The Labute approximate surface area is 123 Å². The van der Waals surface area contributed by atoms with Gasteiger partial charge >= 0.3 is 0 Å². The molecular formula is C17H28N2O. The summed E-state index contributed by atoms with van der Waals surface area (Å²) >= 11 is 0. The monoisotopic (exact) mass is 276 g/mol. The Hall–Kier alpha value is -1.06. The van der Waals surface area contributed by atoms with Crippen molar-refractivity contribution in [3.8, 4) is 5.75 Å². The number of piperidine rings is 1. The molecule has 0 aromatic heterocycles. The zero-order chi connectivity index (χ0) is 14.5. The van der Waals surface area contributed by atoms with E-state index in [2.05, 4.69) is 43.9 Å². The summed E-state index contributed by atoms with van der Waals surface area (Å²) in [6.07, 6.45) is 3.81. The molecule has 0 spiro atoms. The highest BCUT2D eigenvalue weighted by Crippen LogP contribution is 2.23. The predicted molar refractivity (Wildman–Crippen MR) is 84.3 cm³/mol. The number of ether oxygens (including phenoxy) is 1. The number of nitrogens with two attached hydrogens (primary N) is 1. The van der Waals surface area contributed by atoms with E-state index in [-0.39, 0.29) is 0 Å². The Morgan fingerprint density at radius 1 is 1.30 bits per heavy atom. The minimum atomic E-state index is 0.529. The third kappa shape index (κ3) is 3.74. The van der Waals surface area contributed by atoms with Crippen LogP contribution in [0.1, 0.15) is 37.3 Å². The lowest BCUT2D eigenvalue weighted by Crippen LogP contribution is -2.50. The van der Waals surface area contributed by atoms with Gasteiger partial charge in [-0.25, -0.2) is 0 Å². The van der Waals surface area contributed by atoms with Crippen LogP contribution in [-0.4, -0.2) is 36.7 Å². The summed E-state index contributed by atoms with van der Waals surface area (Å²) in [5, 5.41) is 0. The molecule has 2 rings (SSSR count). The topological polar surface area (TPSA) is 38.5 Å². The number of nitrogens with zero attached hydrogens (tertiary/aromatic N) is 1. The van der Waals surface area contributed by atoms with Crippen LogP contribution >= 0.6 is 0 Å². The van der Waals surface area contributed by atoms with Gasteiger partial charge in [0.1, 0.15) is 12.4 Å². The van der Waals surface area contributed by atoms with E-state index in [0.29, 0.717) is 12.1 Å². The highest BCUT2D eigenvalue weighted by Gasteiger charge is 2.26. The minimum absolute atomic E-state index is 0.529. The number of benzene rings is 1. The molecule has 3 nitrogen and oxygen atoms in total. The quantitative estimate of drug-likeness (QED) is 0.898. The number of aryl methyl sites for hydroxylation is 2. The normalized spacial score (nSPS) is 23.8. The Morgan fingerprint density at radius 3 is 2.85 bits per heavy atom. The van der Waals surface area contributed by atoms with E-state index >= 15 is 0 Å². The first-order valence-corrected chi connectivity index (χ1v) is 7.77. The number of hydrogen-bond acceptors (Lipinski definition) is 3. The van der Waals surface area contributed by atoms with Gasteiger partial charge in [-0.15, -0.1) is 0 Å². The standard InChI is InChI=1S/C17H28N2O/c1-13-7-8-14(2)17(11-13)20-10-9-19-15(3)5-4-6-16(19)12-18/h7-8,11,15-16H,4-6,9-10,12,18H2,1-3H3. The Bertz CT molecular complexity index is 433. The molecule has 0 aliphatic carbocycles. The molecule has 1 fully saturated rings. The van der Waals surface area contributed by atoms with Crippen molar-refractivity contribution >= 4 is 0 Å². The van der Waals surface area contributed by atoms with Crippen molar-refractivity contribution in [1.29, 1.82) is 0 Å². The molecular weight excluding hydrogens is 248 g/mol. The van der Waals surface area contributed by atoms with E-state index in [4.69, 9.17) is 10.5 Å². The molecule has 1 aromatic carbocycles. The smallest absolute Gasteiger partial charge is 0.122 e. The fourth-order valence-corrected chi connectivity index (χ4v) is 3.12. The van der Waals surface area contributed by atoms with Gasteiger partial charge < -0.3 is 10.5 Å². The summed E-state index contributed by atoms with van der Waals surface area (Å²) in [5.41, 5.74) is 8.35. The lowest BCUT2D eigenvalue weighted by atomic mass is 9.96. The van der Waals surface area contributed by atoms with Gasteiger partial charge in [-0.1, -0.05) is 18.6 Å². The van der Waals surface area contributed by atoms with Crippen LogP contribution in [0.15, 0.2) is 18.2 Å². The first-order valence-electron chi connectivity index (χ1n) is 7.77. The average Bonchev–Trinajstić information content (AvgIpc) is 2.44. The van der Waals surface area contributed by atoms with Gasteiger partial charge in [0.15, 0.2) is 0 Å². The molecule has 1 aliphatic rings. The molecule has 1 aromatic rings. The van der Waals surface area contributed by atoms with Crippen molar-refractivity contribution in [1.82, 2.24) is 4.90 Å². The maximum Gasteiger partial charge on any atom is 0.122 e. The zero-order valence-electron chi connectivity index (χ0n) is 13.1. The third-order valence-electron chi connectivity index (χ3n) is 4.42. The largest absolute Gasteiger partial charge is 0.492 e. The zero-order valence-corrected chi connectivity index (χ0v) is 13.1. The van der Waals surface area contributed by atoms with Crippen LogP contribution in [0.3, 0.4) is 0 Å². The SMILES string of the molecule is Cc1ccc(C)c(OCCN2C(C)CCCC2CN)c1. The first kappa shape index (κ1) is 15.3. The second-order valence-corrected chi connectivity index (χ2v) is 6.02. The molecule has 0 radical (unpaired) electrons. The van der Waals surface area contributed by atoms with E-state index in [1.54, 1.807) is 0 Å². The first-order chi connectivity index (χ1) is 9.61. The number of hydrogen-bond donors (Lipinski definition) is 1. The molecule has 0 bridgehead atoms. The molecule has 0 saturated carbocycles. The molecule has 3 heteroatoms. The summed E-state index contributed by atoms with van der Waals surface area (Å²) < 4.78 is 5.98. The number of rotatable bonds is 5. The maximum absolute atomic E-state index is 5.98. The molecule has 0 amide bonds. The van der Waals surface area contributed by atoms with Crippen LogP contribution in [-0.2, 0) is 0 Å². The Kier molecular flexibility index (Phi) is 5.44. The summed E-state index contributed by atoms with van der Waals surface area (Å²) in [5.74, 6) is 1.01. The molecule has 1 aliphatic heterocycles. The van der Waals surface area contributed by atoms with Crippen LogP contribution in [0.25, 0.3) is 0 Å². The van der Waals surface area contributed by atoms with E-state index in [1.807, 2.05) is 0 Å². The van der Waals surface area contributed by atoms with E-state index in [9.17, 15) is 0 Å². The molecule has 2 N–H and O–H groups in total. The molecule has 1 heterocycles. The Morgan fingerprint density at radius 2 is 2.10 bits per heavy atom. The van der Waals surface area contributed by atoms with Crippen molar-refractivity contribution < 1.29 is 4.74 Å². The van der Waals surface area contributed by atoms with Crippen LogP contribution in [0.4, 0.5) is 0 Å². The summed E-state index contributed by atoms with van der Waals surface area (Å²) in [4.78, 5) is 2.52. The minimum Gasteiger partial charge on any atom is -0.492 e. The molecule has 20 heavy (non-hydrogen) atoms. The highest BCUT2D eigenvalue weighted by atomic mass is 16.5. The molecule has 2 atom stereocenters. The molecule has 2 unspecified atom stereocenters. The summed E-state index contributed by atoms with van der Waals surface area (Å²) in [6.45, 7) is 8.97. The van der Waals surface area contributed by atoms with Crippen LogP contribution < -0.4 is 10.5 Å². The van der Waals surface area contributed by atoms with Gasteiger partial charge in [0.05, 0.1) is 0 Å². The van der Waals surface area contributed by atoms with Crippen molar-refractivity contribution in [2.45, 2.75) is 52.1 Å². The lowest BCUT2D eigenvalue weighted by molar-refractivity contribution is 0.0798. The Balaban J connectivity index is 1.89. The van der Waals surface area contributed by atoms with Crippen molar-refractivity contribution in [2.24, 2.45) is 5.73 Å². The maximum atomic E-state index is 5.98. The van der Waals surface area contributed by atoms with Gasteiger partial charge in [-0.3, -0.25) is 4.90 Å². The lowest BCUT2D eigenvalue weighted by Gasteiger charge is -2.40. The number of likely N-dealkylation sites (tertiary alicyclic amines) is 1. The average molecular weight is 276 g/mol. The van der Waals surface area contributed by atoms with Crippen LogP contribution in [0.2, 0.25) is 0 Å². The van der Waals surface area contributed by atoms with Crippen molar-refractivity contribution in [2.75, 3.05) is 19.7 Å². The predicted octanol–water partition coefficient (Wildman–Crippen LogP) is 2.88. The van der Waals surface area contributed by atoms with Gasteiger partial charge in [0.2, 0.25) is 0 Å². The molecule has 1 saturated heterocycles. The van der Waals surface area contributed by atoms with Crippen molar-refractivity contribution in [3.05, 3.63) is 29.3 Å². The molecule has 112 valence electrons. The van der Waals surface area contributed by atoms with Gasteiger partial charge in [0.25, 0.3) is 0 Å². The fraction of sp³-hybridized carbons (Fsp3) is 0.647. The van der Waals surface area contributed by atoms with E-state index < -0.39 is 0 Å². The van der Waals surface area contributed by atoms with E-state index in [1.165, 1.54) is 30.4 Å². The van der Waals surface area contributed by atoms with Gasteiger partial charge in [-0.2, -0.15) is 0 Å².